The monoisotopic (exact) mass is 733 g/mol. The summed E-state index contributed by atoms with van der Waals surface area (Å²) in [7, 11) is 0. The van der Waals surface area contributed by atoms with Crippen LogP contribution in [0.5, 0.6) is 11.8 Å². The number of ether oxygens (including phenoxy) is 2. The largest absolute Gasteiger partial charge is 0.489 e. The van der Waals surface area contributed by atoms with Crippen molar-refractivity contribution in [2.24, 2.45) is 0 Å². The predicted molar refractivity (Wildman–Crippen MR) is 177 cm³/mol. The highest BCUT2D eigenvalue weighted by atomic mass is 35.5. The minimum Gasteiger partial charge on any atom is -0.489 e. The van der Waals surface area contributed by atoms with Crippen molar-refractivity contribution < 1.29 is 31.4 Å². The number of hydrogen-bond donors (Lipinski definition) is 1. The van der Waals surface area contributed by atoms with Gasteiger partial charge >= 0.3 is 6.01 Å². The fourth-order valence-corrected chi connectivity index (χ4v) is 9.31. The molecule has 0 aliphatic carbocycles. The quantitative estimate of drug-likeness (QED) is 0.170. The van der Waals surface area contributed by atoms with Crippen molar-refractivity contribution in [1.29, 1.82) is 5.26 Å². The summed E-state index contributed by atoms with van der Waals surface area (Å²) >= 11 is 9.05. The molecule has 49 heavy (non-hydrogen) atoms. The third-order valence-corrected chi connectivity index (χ3v) is 11.5. The molecule has 2 aromatic carbocycles. The summed E-state index contributed by atoms with van der Waals surface area (Å²) in [6.07, 6.45) is -2.11. The van der Waals surface area contributed by atoms with E-state index >= 15 is 4.39 Å². The topological polar surface area (TPSA) is 113 Å². The summed E-state index contributed by atoms with van der Waals surface area (Å²) < 4.78 is 87.6. The maximum Gasteiger partial charge on any atom is 0.319 e. The summed E-state index contributed by atoms with van der Waals surface area (Å²) in [5, 5.41) is 11.4. The van der Waals surface area contributed by atoms with Crippen LogP contribution in [0.25, 0.3) is 32.1 Å². The van der Waals surface area contributed by atoms with E-state index in [1.165, 1.54) is 22.3 Å². The number of aromatic nitrogens is 3. The second-order valence-corrected chi connectivity index (χ2v) is 14.4. The van der Waals surface area contributed by atoms with Crippen LogP contribution >= 0.6 is 34.3 Å². The number of nitriles is 1. The Labute approximate surface area is 288 Å². The lowest BCUT2D eigenvalue weighted by Crippen LogP contribution is -2.43. The molecule has 2 fully saturated rings. The number of thiazole rings is 1. The van der Waals surface area contributed by atoms with Crippen LogP contribution in [0.4, 0.5) is 32.8 Å². The number of benzene rings is 2. The molecule has 3 atom stereocenters. The molecule has 3 aliphatic heterocycles. The number of alkyl halides is 3. The van der Waals surface area contributed by atoms with Gasteiger partial charge in [-0.15, -0.1) is 22.7 Å². The molecule has 6 heterocycles. The molecule has 1 unspecified atom stereocenters. The van der Waals surface area contributed by atoms with Gasteiger partial charge in [0.1, 0.15) is 53.6 Å². The van der Waals surface area contributed by atoms with Crippen molar-refractivity contribution >= 4 is 66.1 Å². The van der Waals surface area contributed by atoms with E-state index in [4.69, 9.17) is 26.8 Å². The fraction of sp³-hybridized carbons (Fsp3) is 0.375. The Kier molecular flexibility index (Phi) is 7.93. The fourth-order valence-electron chi connectivity index (χ4n) is 7.43. The molecule has 0 amide bonds. The van der Waals surface area contributed by atoms with E-state index in [9.17, 15) is 22.8 Å². The summed E-state index contributed by atoms with van der Waals surface area (Å²) in [4.78, 5) is 16.6. The van der Waals surface area contributed by atoms with Crippen LogP contribution in [-0.2, 0) is 0 Å². The van der Waals surface area contributed by atoms with Gasteiger partial charge in [-0.25, -0.2) is 26.9 Å². The second kappa shape index (κ2) is 12.1. The zero-order valence-electron chi connectivity index (χ0n) is 25.4. The smallest absolute Gasteiger partial charge is 0.319 e. The highest BCUT2D eigenvalue weighted by Gasteiger charge is 2.49. The van der Waals surface area contributed by atoms with E-state index in [0.717, 1.165) is 23.8 Å². The second-order valence-electron chi connectivity index (χ2n) is 12.3. The Morgan fingerprint density at radius 1 is 1.24 bits per heavy atom. The molecule has 3 aromatic heterocycles. The molecule has 5 aromatic rings. The number of nitrogens with zero attached hydrogens (tertiary/aromatic N) is 6. The van der Waals surface area contributed by atoms with E-state index in [-0.39, 0.29) is 91.5 Å². The van der Waals surface area contributed by atoms with Crippen molar-refractivity contribution in [3.8, 4) is 29.0 Å². The van der Waals surface area contributed by atoms with Crippen molar-refractivity contribution in [2.75, 3.05) is 43.5 Å². The van der Waals surface area contributed by atoms with Gasteiger partial charge in [0.15, 0.2) is 11.6 Å². The van der Waals surface area contributed by atoms with Crippen molar-refractivity contribution in [3.63, 3.8) is 0 Å². The first kappa shape index (κ1) is 32.2. The Balaban J connectivity index is 1.37. The minimum absolute atomic E-state index is 0.00749. The first-order valence-electron chi connectivity index (χ1n) is 15.3. The van der Waals surface area contributed by atoms with E-state index in [1.807, 2.05) is 11.0 Å². The lowest BCUT2D eigenvalue weighted by Gasteiger charge is -2.31. The zero-order valence-corrected chi connectivity index (χ0v) is 27.7. The molecule has 0 radical (unpaired) electrons. The van der Waals surface area contributed by atoms with Gasteiger partial charge in [-0.3, -0.25) is 4.90 Å². The lowest BCUT2D eigenvalue weighted by atomic mass is 9.95. The Morgan fingerprint density at radius 3 is 2.84 bits per heavy atom. The van der Waals surface area contributed by atoms with Crippen molar-refractivity contribution in [3.05, 3.63) is 50.9 Å². The van der Waals surface area contributed by atoms with E-state index < -0.39 is 42.4 Å². The molecular formula is C32H25ClF5N7O2S2. The van der Waals surface area contributed by atoms with Gasteiger partial charge in [-0.2, -0.15) is 15.2 Å². The first-order valence-corrected chi connectivity index (χ1v) is 17.4. The molecule has 2 N–H and O–H groups in total. The number of nitrogen functional groups attached to an aromatic ring is 1. The van der Waals surface area contributed by atoms with Crippen molar-refractivity contribution in [2.45, 2.75) is 43.4 Å². The molecule has 0 spiro atoms. The minimum atomic E-state index is -2.84. The van der Waals surface area contributed by atoms with Gasteiger partial charge in [0.2, 0.25) is 0 Å². The Bertz CT molecular complexity index is 2160. The van der Waals surface area contributed by atoms with Crippen LogP contribution in [-0.4, -0.2) is 70.8 Å². The van der Waals surface area contributed by atoms with Gasteiger partial charge in [-0.05, 0) is 31.0 Å². The van der Waals surface area contributed by atoms with Gasteiger partial charge < -0.3 is 20.1 Å². The van der Waals surface area contributed by atoms with Gasteiger partial charge in [0, 0.05) is 29.3 Å². The number of hydrogen-bond acceptors (Lipinski definition) is 11. The highest BCUT2D eigenvalue weighted by molar-refractivity contribution is 7.23. The molecule has 0 saturated carbocycles. The summed E-state index contributed by atoms with van der Waals surface area (Å²) in [5.41, 5.74) is 6.79. The first-order chi connectivity index (χ1) is 23.6. The van der Waals surface area contributed by atoms with Gasteiger partial charge in [0.05, 0.1) is 44.0 Å². The van der Waals surface area contributed by atoms with Gasteiger partial charge in [0.25, 0.3) is 6.43 Å². The molecule has 3 aliphatic rings. The standard InChI is InChI=1S/C32H25ClF5N7O2S2/c33-24-22(15-2-3-17(35)28-21(15)16(7-39)29(40)49-28)25(38)26-23-27(24)46-10-19(18-11-48-13-41-18)45(9-20(36)37)30(23)43-31(42-26)47-12-32-4-1-5-44(32)8-14(34)6-32/h2-3,11,13-14,19-20H,1,4-6,8-10,12,40H2/t14-,19?,32+/m1/s1. The molecular weight excluding hydrogens is 709 g/mol. The summed E-state index contributed by atoms with van der Waals surface area (Å²) in [5.74, 6) is -1.88. The zero-order chi connectivity index (χ0) is 34.2. The predicted octanol–water partition coefficient (Wildman–Crippen LogP) is 7.51. The van der Waals surface area contributed by atoms with E-state index in [2.05, 4.69) is 15.0 Å². The van der Waals surface area contributed by atoms with E-state index in [1.54, 1.807) is 10.9 Å². The van der Waals surface area contributed by atoms with Crippen molar-refractivity contribution in [1.82, 2.24) is 19.9 Å². The third-order valence-electron chi connectivity index (χ3n) is 9.53. The molecule has 254 valence electrons. The third kappa shape index (κ3) is 5.12. The molecule has 0 bridgehead atoms. The molecule has 2 saturated heterocycles. The maximum atomic E-state index is 17.2. The molecule has 9 nitrogen and oxygen atoms in total. The number of nitrogens with two attached hydrogens (primary N) is 1. The summed E-state index contributed by atoms with van der Waals surface area (Å²) in [6.45, 7) is -0.0892. The number of anilines is 2. The SMILES string of the molecule is N#Cc1c(N)sc2c(F)ccc(-c3c(Cl)c4c5c(nc(OC[C@@]67CCCN6C[C@H](F)C7)nc5c3F)N(CC(F)F)C(c3cscn3)CO4)c12. The van der Waals surface area contributed by atoms with Crippen LogP contribution < -0.4 is 20.1 Å². The van der Waals surface area contributed by atoms with Crippen LogP contribution in [0.2, 0.25) is 5.02 Å². The normalized spacial score (nSPS) is 22.1. The average molecular weight is 734 g/mol. The number of fused-ring (bicyclic) bond motifs is 2. The maximum absolute atomic E-state index is 17.2. The number of rotatable bonds is 7. The number of thiophene rings is 1. The average Bonchev–Trinajstić information content (AvgIpc) is 3.84. The highest BCUT2D eigenvalue weighted by Crippen LogP contribution is 2.52. The van der Waals surface area contributed by atoms with Crippen LogP contribution in [0.1, 0.15) is 36.6 Å². The Morgan fingerprint density at radius 2 is 2.08 bits per heavy atom. The van der Waals surface area contributed by atoms with E-state index in [0.29, 0.717) is 18.7 Å². The molecule has 17 heteroatoms. The van der Waals surface area contributed by atoms with Gasteiger partial charge in [-0.1, -0.05) is 17.7 Å². The molecule has 8 rings (SSSR count). The van der Waals surface area contributed by atoms with Crippen LogP contribution in [0.3, 0.4) is 0 Å². The number of halogens is 6. The van der Waals surface area contributed by atoms with Crippen LogP contribution in [0.15, 0.2) is 23.0 Å². The lowest BCUT2D eigenvalue weighted by molar-refractivity contribution is 0.107. The Hall–Kier alpha value is -4.04. The summed E-state index contributed by atoms with van der Waals surface area (Å²) in [6, 6.07) is 3.16. The van der Waals surface area contributed by atoms with Crippen LogP contribution in [0, 0.1) is 23.0 Å².